The molecule has 214 valence electrons. The van der Waals surface area contributed by atoms with Crippen molar-refractivity contribution >= 4 is 28.8 Å². The molecule has 0 spiro atoms. The summed E-state index contributed by atoms with van der Waals surface area (Å²) in [6.45, 7) is 9.72. The average molecular weight is 592 g/mol. The van der Waals surface area contributed by atoms with E-state index in [1.165, 1.54) is 0 Å². The van der Waals surface area contributed by atoms with Crippen molar-refractivity contribution in [2.45, 2.75) is 74.7 Å². The molecule has 1 aliphatic heterocycles. The van der Waals surface area contributed by atoms with Gasteiger partial charge in [0.05, 0.1) is 16.5 Å². The van der Waals surface area contributed by atoms with E-state index in [4.69, 9.17) is 14.2 Å². The van der Waals surface area contributed by atoms with Crippen LogP contribution in [0, 0.1) is 18.3 Å². The molecule has 7 nitrogen and oxygen atoms in total. The highest BCUT2D eigenvalue weighted by Gasteiger charge is 2.39. The highest BCUT2D eigenvalue weighted by atomic mass is 32.2. The fraction of sp³-hybridized carbons (Fsp3) is 0.312. The number of rotatable bonds is 8. The van der Waals surface area contributed by atoms with Gasteiger partial charge in [0.1, 0.15) is 27.8 Å². The minimum atomic E-state index is -1.79. The number of cyclic esters (lactones) is 1. The number of phenolic OH excluding ortho intramolecular Hbond substituents is 1. The number of hydrogen-bond donors (Lipinski definition) is 2. The van der Waals surface area contributed by atoms with E-state index in [2.05, 4.69) is 0 Å². The van der Waals surface area contributed by atoms with E-state index in [1.54, 1.807) is 36.4 Å². The number of esters is 1. The van der Waals surface area contributed by atoms with E-state index < -0.39 is 22.7 Å². The molecule has 1 heterocycles. The van der Waals surface area contributed by atoms with E-state index in [0.29, 0.717) is 34.6 Å². The Balaban J connectivity index is 1.56. The molecule has 3 aromatic rings. The van der Waals surface area contributed by atoms with E-state index in [0.717, 1.165) is 27.8 Å². The second-order valence-corrected chi connectivity index (χ2v) is 13.5. The molecule has 0 saturated heterocycles. The first-order chi connectivity index (χ1) is 19.3. The first-order valence-electron chi connectivity index (χ1n) is 13.1. The van der Waals surface area contributed by atoms with Crippen LogP contribution < -0.4 is 4.18 Å². The number of nitrogens with zero attached hydrogens (tertiary/aromatic N) is 1. The molecule has 1 aliphatic rings. The monoisotopic (exact) mass is 591 g/mol. The maximum Gasteiger partial charge on any atom is 0.348 e. The van der Waals surface area contributed by atoms with Crippen molar-refractivity contribution in [1.29, 1.82) is 5.26 Å². The number of nitriles is 1. The van der Waals surface area contributed by atoms with E-state index >= 15 is 0 Å². The fourth-order valence-electron chi connectivity index (χ4n) is 4.47. The third-order valence-electron chi connectivity index (χ3n) is 6.85. The van der Waals surface area contributed by atoms with Gasteiger partial charge in [0.15, 0.2) is 0 Å². The Hall–Kier alpha value is -3.74. The van der Waals surface area contributed by atoms with Gasteiger partial charge in [-0.1, -0.05) is 44.7 Å². The molecule has 41 heavy (non-hydrogen) atoms. The van der Waals surface area contributed by atoms with Gasteiger partial charge in [-0.25, -0.2) is 9.00 Å². The zero-order chi connectivity index (χ0) is 29.9. The lowest BCUT2D eigenvalue weighted by Crippen LogP contribution is -2.37. The van der Waals surface area contributed by atoms with Crippen LogP contribution in [0.2, 0.25) is 0 Å². The van der Waals surface area contributed by atoms with Crippen molar-refractivity contribution in [3.05, 3.63) is 93.6 Å². The molecule has 9 heteroatoms. The molecular formula is C32H33NO6S2. The van der Waals surface area contributed by atoms with Crippen LogP contribution in [-0.4, -0.2) is 26.0 Å². The zero-order valence-electron chi connectivity index (χ0n) is 23.7. The van der Waals surface area contributed by atoms with Crippen molar-refractivity contribution in [2.75, 3.05) is 0 Å². The topological polar surface area (TPSA) is 117 Å². The van der Waals surface area contributed by atoms with Gasteiger partial charge in [-0.3, -0.25) is 0 Å². The lowest BCUT2D eigenvalue weighted by Gasteiger charge is -2.34. The number of carbonyl (C=O) groups is 1. The molecule has 0 aromatic heterocycles. The SMILES string of the molecule is Cc1cc(SC2=C(O)CC(C)(CCc3ccc(O)cc3)OC2=O)c(C(C)(C)C)cc1OS(=O)c1ccc(C#N)cc1. The Bertz CT molecular complexity index is 1550. The molecule has 2 N–H and O–H groups in total. The highest BCUT2D eigenvalue weighted by molar-refractivity contribution is 8.04. The largest absolute Gasteiger partial charge is 0.511 e. The predicted molar refractivity (Wildman–Crippen MR) is 159 cm³/mol. The molecule has 0 saturated carbocycles. The van der Waals surface area contributed by atoms with Crippen LogP contribution in [0.1, 0.15) is 62.8 Å². The number of phenols is 1. The van der Waals surface area contributed by atoms with Crippen LogP contribution in [0.25, 0.3) is 0 Å². The lowest BCUT2D eigenvalue weighted by atomic mass is 9.86. The minimum absolute atomic E-state index is 0.0146. The number of hydrogen-bond acceptors (Lipinski definition) is 8. The van der Waals surface area contributed by atoms with Crippen LogP contribution in [0.3, 0.4) is 0 Å². The molecule has 0 aliphatic carbocycles. The van der Waals surface area contributed by atoms with Crippen LogP contribution in [0.4, 0.5) is 0 Å². The number of benzene rings is 3. The Morgan fingerprint density at radius 3 is 2.34 bits per heavy atom. The second kappa shape index (κ2) is 12.0. The summed E-state index contributed by atoms with van der Waals surface area (Å²) >= 11 is -0.634. The first kappa shape index (κ1) is 30.2. The normalized spacial score (nSPS) is 18.0. The van der Waals surface area contributed by atoms with Crippen molar-refractivity contribution < 1.29 is 28.1 Å². The van der Waals surface area contributed by atoms with Gasteiger partial charge in [0.25, 0.3) is 0 Å². The van der Waals surface area contributed by atoms with Crippen LogP contribution >= 0.6 is 11.8 Å². The number of aryl methyl sites for hydroxylation is 2. The Kier molecular flexibility index (Phi) is 8.86. The molecule has 0 fully saturated rings. The van der Waals surface area contributed by atoms with E-state index in [1.807, 2.05) is 65.0 Å². The average Bonchev–Trinajstić information content (AvgIpc) is 2.91. The van der Waals surface area contributed by atoms with Gasteiger partial charge in [0.2, 0.25) is 11.1 Å². The van der Waals surface area contributed by atoms with Crippen LogP contribution in [-0.2, 0) is 32.4 Å². The summed E-state index contributed by atoms with van der Waals surface area (Å²) in [5, 5.41) is 29.5. The quantitative estimate of drug-likeness (QED) is 0.265. The minimum Gasteiger partial charge on any atom is -0.511 e. The molecule has 2 atom stereocenters. The van der Waals surface area contributed by atoms with Crippen molar-refractivity contribution in [1.82, 2.24) is 0 Å². The number of ether oxygens (including phenoxy) is 1. The highest BCUT2D eigenvalue weighted by Crippen LogP contribution is 2.44. The second-order valence-electron chi connectivity index (χ2n) is 11.4. The number of aliphatic hydroxyl groups is 1. The van der Waals surface area contributed by atoms with Crippen molar-refractivity contribution in [3.8, 4) is 17.6 Å². The van der Waals surface area contributed by atoms with Gasteiger partial charge in [-0.2, -0.15) is 5.26 Å². The summed E-state index contributed by atoms with van der Waals surface area (Å²) in [6.07, 6.45) is 1.33. The standard InChI is InChI=1S/C32H33NO6S2/c1-20-16-28(25(31(2,3)4)17-27(20)39-41(37)24-12-8-22(19-33)9-13-24)40-29-26(35)18-32(5,38-30(29)36)15-14-21-6-10-23(34)11-7-21/h6-13,16-17,34-35H,14-15,18H2,1-5H3. The summed E-state index contributed by atoms with van der Waals surface area (Å²) < 4.78 is 24.6. The summed E-state index contributed by atoms with van der Waals surface area (Å²) in [7, 11) is 0. The third kappa shape index (κ3) is 7.32. The molecule has 4 rings (SSSR count). The zero-order valence-corrected chi connectivity index (χ0v) is 25.3. The number of aliphatic hydroxyl groups excluding tert-OH is 1. The third-order valence-corrected chi connectivity index (χ3v) is 9.00. The summed E-state index contributed by atoms with van der Waals surface area (Å²) in [6, 6.07) is 19.0. The number of aromatic hydroxyl groups is 1. The molecule has 3 aromatic carbocycles. The summed E-state index contributed by atoms with van der Waals surface area (Å²) in [5.74, 6) is 0.0365. The van der Waals surface area contributed by atoms with Gasteiger partial charge >= 0.3 is 5.97 Å². The van der Waals surface area contributed by atoms with E-state index in [9.17, 15) is 19.2 Å². The molecule has 2 unspecified atom stereocenters. The summed E-state index contributed by atoms with van der Waals surface area (Å²) in [4.78, 5) is 14.5. The lowest BCUT2D eigenvalue weighted by molar-refractivity contribution is -0.156. The van der Waals surface area contributed by atoms with Gasteiger partial charge < -0.3 is 19.1 Å². The molecule has 0 radical (unpaired) electrons. The molecule has 0 bridgehead atoms. The van der Waals surface area contributed by atoms with E-state index in [-0.39, 0.29) is 28.2 Å². The van der Waals surface area contributed by atoms with Gasteiger partial charge in [-0.15, -0.1) is 0 Å². The van der Waals surface area contributed by atoms with Gasteiger partial charge in [0, 0.05) is 11.3 Å². The van der Waals surface area contributed by atoms with Gasteiger partial charge in [-0.05, 0) is 97.3 Å². The summed E-state index contributed by atoms with van der Waals surface area (Å²) in [5.41, 5.74) is 1.81. The maximum absolute atomic E-state index is 13.2. The Labute approximate surface area is 247 Å². The predicted octanol–water partition coefficient (Wildman–Crippen LogP) is 7.17. The smallest absolute Gasteiger partial charge is 0.348 e. The Morgan fingerprint density at radius 2 is 1.76 bits per heavy atom. The number of thioether (sulfide) groups is 1. The number of carbonyl (C=O) groups excluding carboxylic acids is 1. The van der Waals surface area contributed by atoms with Crippen LogP contribution in [0.15, 0.2) is 81.1 Å². The molecule has 0 amide bonds. The fourth-order valence-corrected chi connectivity index (χ4v) is 6.51. The first-order valence-corrected chi connectivity index (χ1v) is 15.0. The van der Waals surface area contributed by atoms with Crippen molar-refractivity contribution in [2.24, 2.45) is 0 Å². The van der Waals surface area contributed by atoms with Crippen molar-refractivity contribution in [3.63, 3.8) is 0 Å². The Morgan fingerprint density at radius 1 is 1.10 bits per heavy atom. The maximum atomic E-state index is 13.2. The van der Waals surface area contributed by atoms with Crippen LogP contribution in [0.5, 0.6) is 11.5 Å². The molecular weight excluding hydrogens is 558 g/mol.